The second-order valence-electron chi connectivity index (χ2n) is 3.36. The van der Waals surface area contributed by atoms with E-state index in [1.807, 2.05) is 12.3 Å². The van der Waals surface area contributed by atoms with Gasteiger partial charge < -0.3 is 9.64 Å². The van der Waals surface area contributed by atoms with Gasteiger partial charge in [-0.1, -0.05) is 0 Å². The highest BCUT2D eigenvalue weighted by Crippen LogP contribution is 2.27. The maximum absolute atomic E-state index is 5.77. The lowest BCUT2D eigenvalue weighted by molar-refractivity contribution is 0.122. The van der Waals surface area contributed by atoms with Crippen molar-refractivity contribution in [2.45, 2.75) is 5.88 Å². The van der Waals surface area contributed by atoms with Gasteiger partial charge in [-0.15, -0.1) is 11.6 Å². The Bertz CT molecular complexity index is 342. The van der Waals surface area contributed by atoms with Crippen molar-refractivity contribution in [3.8, 4) is 0 Å². The Morgan fingerprint density at radius 1 is 1.47 bits per heavy atom. The first kappa shape index (κ1) is 11.2. The van der Waals surface area contributed by atoms with Gasteiger partial charge in [0.25, 0.3) is 0 Å². The molecule has 82 valence electrons. The maximum Gasteiger partial charge on any atom is 0.0648 e. The van der Waals surface area contributed by atoms with E-state index in [2.05, 4.69) is 25.8 Å². The van der Waals surface area contributed by atoms with Crippen molar-refractivity contribution in [2.75, 3.05) is 31.2 Å². The number of halogens is 2. The molecule has 1 saturated heterocycles. The van der Waals surface area contributed by atoms with Crippen LogP contribution in [0, 0.1) is 0 Å². The van der Waals surface area contributed by atoms with Crippen molar-refractivity contribution in [1.29, 1.82) is 0 Å². The van der Waals surface area contributed by atoms with E-state index >= 15 is 0 Å². The van der Waals surface area contributed by atoms with E-state index in [-0.39, 0.29) is 0 Å². The van der Waals surface area contributed by atoms with Gasteiger partial charge in [0.05, 0.1) is 34.9 Å². The van der Waals surface area contributed by atoms with E-state index < -0.39 is 0 Å². The SMILES string of the molecule is ClCc1cc(N2CCOCC2)c(Br)cn1. The minimum Gasteiger partial charge on any atom is -0.378 e. The largest absolute Gasteiger partial charge is 0.378 e. The minimum absolute atomic E-state index is 0.449. The van der Waals surface area contributed by atoms with Crippen molar-refractivity contribution in [3.05, 3.63) is 22.4 Å². The molecule has 0 radical (unpaired) electrons. The number of rotatable bonds is 2. The Labute approximate surface area is 103 Å². The molecule has 3 nitrogen and oxygen atoms in total. The first-order chi connectivity index (χ1) is 7.31. The lowest BCUT2D eigenvalue weighted by Gasteiger charge is -2.29. The quantitative estimate of drug-likeness (QED) is 0.783. The van der Waals surface area contributed by atoms with Gasteiger partial charge in [-0.3, -0.25) is 4.98 Å². The molecule has 0 N–H and O–H groups in total. The van der Waals surface area contributed by atoms with Gasteiger partial charge in [0, 0.05) is 19.3 Å². The minimum atomic E-state index is 0.449. The van der Waals surface area contributed by atoms with Crippen molar-refractivity contribution in [3.63, 3.8) is 0 Å². The van der Waals surface area contributed by atoms with Gasteiger partial charge in [-0.05, 0) is 22.0 Å². The number of hydrogen-bond donors (Lipinski definition) is 0. The number of nitrogens with zero attached hydrogens (tertiary/aromatic N) is 2. The van der Waals surface area contributed by atoms with Crippen LogP contribution in [0.25, 0.3) is 0 Å². The second-order valence-corrected chi connectivity index (χ2v) is 4.48. The third-order valence-corrected chi connectivity index (χ3v) is 3.27. The number of morpholine rings is 1. The van der Waals surface area contributed by atoms with E-state index in [1.165, 1.54) is 0 Å². The summed E-state index contributed by atoms with van der Waals surface area (Å²) >= 11 is 9.28. The molecule has 0 aliphatic carbocycles. The van der Waals surface area contributed by atoms with Crippen molar-refractivity contribution in [2.24, 2.45) is 0 Å². The summed E-state index contributed by atoms with van der Waals surface area (Å²) in [6.45, 7) is 3.41. The van der Waals surface area contributed by atoms with Crippen LogP contribution < -0.4 is 4.90 Å². The maximum atomic E-state index is 5.77. The predicted octanol–water partition coefficient (Wildman–Crippen LogP) is 2.42. The molecule has 0 amide bonds. The highest BCUT2D eigenvalue weighted by atomic mass is 79.9. The zero-order valence-corrected chi connectivity index (χ0v) is 10.6. The van der Waals surface area contributed by atoms with Crippen LogP contribution in [-0.4, -0.2) is 31.3 Å². The van der Waals surface area contributed by atoms with Crippen molar-refractivity contribution < 1.29 is 4.74 Å². The molecule has 1 aliphatic rings. The number of pyridine rings is 1. The van der Waals surface area contributed by atoms with Crippen LogP contribution in [0.2, 0.25) is 0 Å². The molecule has 1 aromatic rings. The summed E-state index contributed by atoms with van der Waals surface area (Å²) in [4.78, 5) is 6.50. The molecule has 1 fully saturated rings. The normalized spacial score (nSPS) is 16.8. The summed E-state index contributed by atoms with van der Waals surface area (Å²) in [5.74, 6) is 0.449. The fourth-order valence-electron chi connectivity index (χ4n) is 1.59. The van der Waals surface area contributed by atoms with Gasteiger partial charge in [0.1, 0.15) is 0 Å². The molecule has 0 unspecified atom stereocenters. The molecular formula is C10H12BrClN2O. The first-order valence-corrected chi connectivity index (χ1v) is 6.17. The lowest BCUT2D eigenvalue weighted by Crippen LogP contribution is -2.36. The van der Waals surface area contributed by atoms with Crippen LogP contribution in [0.3, 0.4) is 0 Å². The van der Waals surface area contributed by atoms with Gasteiger partial charge in [-0.25, -0.2) is 0 Å². The van der Waals surface area contributed by atoms with Gasteiger partial charge in [-0.2, -0.15) is 0 Å². The predicted molar refractivity (Wildman–Crippen MR) is 64.5 cm³/mol. The average Bonchev–Trinajstić information content (AvgIpc) is 2.31. The molecule has 2 rings (SSSR count). The average molecular weight is 292 g/mol. The monoisotopic (exact) mass is 290 g/mol. The van der Waals surface area contributed by atoms with Gasteiger partial charge in [0.15, 0.2) is 0 Å². The van der Waals surface area contributed by atoms with Crippen LogP contribution in [-0.2, 0) is 10.6 Å². The zero-order valence-electron chi connectivity index (χ0n) is 8.25. The summed E-state index contributed by atoms with van der Waals surface area (Å²) in [6.07, 6.45) is 1.81. The third-order valence-electron chi connectivity index (χ3n) is 2.38. The number of alkyl halides is 1. The summed E-state index contributed by atoms with van der Waals surface area (Å²) in [6, 6.07) is 2.03. The Morgan fingerprint density at radius 2 is 2.20 bits per heavy atom. The van der Waals surface area contributed by atoms with Crippen LogP contribution in [0.5, 0.6) is 0 Å². The number of aromatic nitrogens is 1. The number of ether oxygens (including phenoxy) is 1. The molecular weight excluding hydrogens is 279 g/mol. The van der Waals surface area contributed by atoms with Gasteiger partial charge >= 0.3 is 0 Å². The highest BCUT2D eigenvalue weighted by molar-refractivity contribution is 9.10. The summed E-state index contributed by atoms with van der Waals surface area (Å²) in [7, 11) is 0. The Hall–Kier alpha value is -0.320. The highest BCUT2D eigenvalue weighted by Gasteiger charge is 2.14. The molecule has 2 heterocycles. The molecule has 0 atom stereocenters. The molecule has 0 aromatic carbocycles. The summed E-state index contributed by atoms with van der Waals surface area (Å²) in [5, 5.41) is 0. The molecule has 5 heteroatoms. The second kappa shape index (κ2) is 5.14. The van der Waals surface area contributed by atoms with Crippen LogP contribution in [0.15, 0.2) is 16.7 Å². The molecule has 0 saturated carbocycles. The van der Waals surface area contributed by atoms with E-state index in [1.54, 1.807) is 0 Å². The Kier molecular flexibility index (Phi) is 3.83. The number of hydrogen-bond acceptors (Lipinski definition) is 3. The fraction of sp³-hybridized carbons (Fsp3) is 0.500. The lowest BCUT2D eigenvalue weighted by atomic mass is 10.3. The van der Waals surface area contributed by atoms with Crippen molar-refractivity contribution >= 4 is 33.2 Å². The van der Waals surface area contributed by atoms with E-state index in [4.69, 9.17) is 16.3 Å². The van der Waals surface area contributed by atoms with Crippen molar-refractivity contribution in [1.82, 2.24) is 4.98 Å². The van der Waals surface area contributed by atoms with E-state index in [9.17, 15) is 0 Å². The Balaban J connectivity index is 2.24. The molecule has 15 heavy (non-hydrogen) atoms. The third kappa shape index (κ3) is 2.62. The zero-order chi connectivity index (χ0) is 10.7. The fourth-order valence-corrected chi connectivity index (χ4v) is 2.20. The first-order valence-electron chi connectivity index (χ1n) is 4.84. The topological polar surface area (TPSA) is 25.4 Å². The molecule has 0 bridgehead atoms. The molecule has 1 aliphatic heterocycles. The molecule has 0 spiro atoms. The molecule has 1 aromatic heterocycles. The van der Waals surface area contributed by atoms with Gasteiger partial charge in [0.2, 0.25) is 0 Å². The standard InChI is InChI=1S/C10H12BrClN2O/c11-9-7-13-8(6-12)5-10(9)14-1-3-15-4-2-14/h5,7H,1-4,6H2. The van der Waals surface area contributed by atoms with E-state index in [0.717, 1.165) is 42.2 Å². The summed E-state index contributed by atoms with van der Waals surface area (Å²) < 4.78 is 6.33. The van der Waals surface area contributed by atoms with Crippen LogP contribution in [0.1, 0.15) is 5.69 Å². The number of anilines is 1. The Morgan fingerprint density at radius 3 is 2.87 bits per heavy atom. The van der Waals surface area contributed by atoms with Crippen LogP contribution in [0.4, 0.5) is 5.69 Å². The van der Waals surface area contributed by atoms with E-state index in [0.29, 0.717) is 5.88 Å². The summed E-state index contributed by atoms with van der Waals surface area (Å²) in [5.41, 5.74) is 2.06. The smallest absolute Gasteiger partial charge is 0.0648 e. The van der Waals surface area contributed by atoms with Crippen LogP contribution >= 0.6 is 27.5 Å².